The number of esters is 1. The lowest BCUT2D eigenvalue weighted by Crippen LogP contribution is -2.23. The van der Waals surface area contributed by atoms with Gasteiger partial charge in [-0.15, -0.1) is 0 Å². The Labute approximate surface area is 313 Å². The van der Waals surface area contributed by atoms with Crippen LogP contribution < -0.4 is 0 Å². The number of benzene rings is 10. The van der Waals surface area contributed by atoms with Crippen molar-refractivity contribution in [1.29, 1.82) is 0 Å². The second kappa shape index (κ2) is 7.33. The van der Waals surface area contributed by atoms with Crippen molar-refractivity contribution >= 4 is 124 Å². The third-order valence-electron chi connectivity index (χ3n) is 17.6. The van der Waals surface area contributed by atoms with Crippen molar-refractivity contribution in [2.45, 2.75) is 68.1 Å². The first-order chi connectivity index (χ1) is 27.2. The van der Waals surface area contributed by atoms with E-state index in [4.69, 9.17) is 4.74 Å². The molecule has 0 radical (unpaired) electrons. The van der Waals surface area contributed by atoms with Crippen LogP contribution in [0.3, 0.4) is 0 Å². The lowest BCUT2D eigenvalue weighted by atomic mass is 9.76. The molecule has 13 aromatic carbocycles. The Hall–Kier alpha value is -5.73. The number of ether oxygens (including phenoxy) is 1. The molecule has 5 aliphatic rings. The van der Waals surface area contributed by atoms with E-state index in [-0.39, 0.29) is 16.8 Å². The van der Waals surface area contributed by atoms with Gasteiger partial charge < -0.3 is 4.74 Å². The minimum atomic E-state index is -0.0902. The molecule has 0 aromatic heterocycles. The van der Waals surface area contributed by atoms with Gasteiger partial charge >= 0.3 is 5.97 Å². The van der Waals surface area contributed by atoms with Crippen LogP contribution in [0, 0.1) is 0 Å². The Morgan fingerprint density at radius 3 is 1.64 bits per heavy atom. The summed E-state index contributed by atoms with van der Waals surface area (Å²) in [5, 5.41) is 34.9. The first-order valence-corrected chi connectivity index (χ1v) is 20.8. The number of fused-ring (bicyclic) bond motifs is 1. The summed E-state index contributed by atoms with van der Waals surface area (Å²) in [6.45, 7) is 0. The Kier molecular flexibility index (Phi) is 3.49. The van der Waals surface area contributed by atoms with Gasteiger partial charge in [0, 0.05) is 23.2 Å². The molecule has 1 saturated carbocycles. The summed E-state index contributed by atoms with van der Waals surface area (Å²) in [4.78, 5) is 12.8. The van der Waals surface area contributed by atoms with Crippen LogP contribution in [0.5, 0.6) is 0 Å². The van der Waals surface area contributed by atoms with Crippen molar-refractivity contribution in [1.82, 2.24) is 0 Å². The quantitative estimate of drug-likeness (QED) is 0.132. The monoisotopic (exact) mass is 698 g/mol. The molecular formula is C53H30O2. The van der Waals surface area contributed by atoms with Crippen LogP contribution in [0.2, 0.25) is 0 Å². The van der Waals surface area contributed by atoms with E-state index < -0.39 is 0 Å². The highest BCUT2D eigenvalue weighted by Crippen LogP contribution is 2.85. The summed E-state index contributed by atoms with van der Waals surface area (Å²) < 4.78 is 5.25. The highest BCUT2D eigenvalue weighted by Gasteiger charge is 2.80. The van der Waals surface area contributed by atoms with E-state index in [1.54, 1.807) is 154 Å². The van der Waals surface area contributed by atoms with Crippen LogP contribution in [0.25, 0.3) is 118 Å². The normalized spacial score (nSPS) is 23.6. The maximum absolute atomic E-state index is 12.8. The van der Waals surface area contributed by atoms with Crippen molar-refractivity contribution in [3.05, 3.63) is 105 Å². The SMILES string of the molecule is COC(=O)CCCC1(c2ccccc2)C2c3cc4c5c6c(cc7cc8c9c%10c(cc%11cc%12c%13c(c%14c3c5c3c%14c5c%13c%11c%10c5c5c9c7c6c35)C21C%12)CC8)CC4. The van der Waals surface area contributed by atoms with Crippen LogP contribution in [0.4, 0.5) is 0 Å². The fourth-order valence-electron chi connectivity index (χ4n) is 16.4. The summed E-state index contributed by atoms with van der Waals surface area (Å²) >= 11 is 0. The third-order valence-corrected chi connectivity index (χ3v) is 17.6. The Morgan fingerprint density at radius 1 is 0.564 bits per heavy atom. The minimum Gasteiger partial charge on any atom is -0.469 e. The van der Waals surface area contributed by atoms with Gasteiger partial charge in [-0.3, -0.25) is 4.79 Å². The molecule has 3 atom stereocenters. The van der Waals surface area contributed by atoms with Gasteiger partial charge in [-0.1, -0.05) is 60.7 Å². The van der Waals surface area contributed by atoms with Crippen molar-refractivity contribution in [2.75, 3.05) is 7.11 Å². The van der Waals surface area contributed by atoms with Gasteiger partial charge in [0.05, 0.1) is 7.11 Å². The molecule has 254 valence electrons. The molecule has 3 unspecified atom stereocenters. The van der Waals surface area contributed by atoms with Crippen LogP contribution in [-0.2, 0) is 52.5 Å². The second-order valence-corrected chi connectivity index (χ2v) is 18.9. The summed E-state index contributed by atoms with van der Waals surface area (Å²) in [5.41, 5.74) is 12.5. The average Bonchev–Trinajstić information content (AvgIpc) is 3.66. The van der Waals surface area contributed by atoms with E-state index in [9.17, 15) is 4.79 Å². The average molecular weight is 699 g/mol. The van der Waals surface area contributed by atoms with E-state index in [2.05, 4.69) is 60.7 Å². The second-order valence-electron chi connectivity index (χ2n) is 18.9. The Balaban J connectivity index is 1.18. The number of hydrogen-bond donors (Lipinski definition) is 0. The van der Waals surface area contributed by atoms with Crippen LogP contribution >= 0.6 is 0 Å². The molecule has 1 spiro atoms. The predicted molar refractivity (Wildman–Crippen MR) is 225 cm³/mol. The number of carbonyl (C=O) groups is 1. The van der Waals surface area contributed by atoms with E-state index in [0.29, 0.717) is 12.3 Å². The highest BCUT2D eigenvalue weighted by molar-refractivity contribution is 6.65. The first kappa shape index (κ1) is 26.1. The smallest absolute Gasteiger partial charge is 0.305 e. The van der Waals surface area contributed by atoms with Crippen LogP contribution in [0.1, 0.15) is 69.7 Å². The molecule has 55 heavy (non-hydrogen) atoms. The molecule has 2 nitrogen and oxygen atoms in total. The fourth-order valence-corrected chi connectivity index (χ4v) is 16.4. The molecule has 18 rings (SSSR count). The number of aryl methyl sites for hydroxylation is 4. The molecule has 13 aromatic rings. The number of hydrogen-bond acceptors (Lipinski definition) is 2. The summed E-state index contributed by atoms with van der Waals surface area (Å²) in [5.74, 6) is 0.286. The number of rotatable bonds is 5. The summed E-state index contributed by atoms with van der Waals surface area (Å²) in [6.07, 6.45) is 7.87. The first-order valence-electron chi connectivity index (χ1n) is 20.8. The van der Waals surface area contributed by atoms with Crippen molar-refractivity contribution in [2.24, 2.45) is 0 Å². The number of methoxy groups -OCH3 is 1. The van der Waals surface area contributed by atoms with Crippen LogP contribution in [0.15, 0.2) is 60.7 Å². The van der Waals surface area contributed by atoms with Gasteiger partial charge in [0.15, 0.2) is 0 Å². The Morgan fingerprint density at radius 2 is 1.05 bits per heavy atom. The van der Waals surface area contributed by atoms with Crippen LogP contribution in [-0.4, -0.2) is 13.1 Å². The topological polar surface area (TPSA) is 26.3 Å². The lowest BCUT2D eigenvalue weighted by molar-refractivity contribution is -0.140. The Bertz CT molecular complexity index is 4000. The van der Waals surface area contributed by atoms with Gasteiger partial charge in [-0.2, -0.15) is 0 Å². The number of carbonyl (C=O) groups excluding carboxylic acids is 1. The van der Waals surface area contributed by atoms with Crippen molar-refractivity contribution in [3.8, 4) is 0 Å². The molecule has 1 fully saturated rings. The van der Waals surface area contributed by atoms with Gasteiger partial charge in [0.1, 0.15) is 0 Å². The lowest BCUT2D eigenvalue weighted by Gasteiger charge is -2.26. The molecule has 0 N–H and O–H groups in total. The van der Waals surface area contributed by atoms with Gasteiger partial charge in [-0.05, 0) is 208 Å². The fraction of sp³-hybridized carbons (Fsp3) is 0.226. The largest absolute Gasteiger partial charge is 0.469 e. The minimum absolute atomic E-state index is 0.0372. The standard InChI is InChI=1S/C53H30O2/c1-55-29(54)8-5-13-52(27-6-3-2-4-7-27)51-28-18-23-12-11-22-15-24-14-20-9-10-21-16-25-17-26-19-53(51,52)50-36(26)41-35(25)40-31(21)30(20)38-34(24)39-32(22)33(23)42-37(28)49(50)48-46(41)44(40)43(38)45(39)47(42)48/h2-4,6-7,14-18,51H,5,8-13,19H2,1H3. The molecule has 0 heterocycles. The van der Waals surface area contributed by atoms with Gasteiger partial charge in [0.25, 0.3) is 0 Å². The zero-order valence-corrected chi connectivity index (χ0v) is 30.3. The van der Waals surface area contributed by atoms with E-state index in [0.717, 1.165) is 44.9 Å². The molecule has 0 saturated heterocycles. The van der Waals surface area contributed by atoms with Crippen molar-refractivity contribution in [3.63, 3.8) is 0 Å². The maximum Gasteiger partial charge on any atom is 0.305 e. The summed E-state index contributed by atoms with van der Waals surface area (Å²) in [6, 6.07) is 24.9. The van der Waals surface area contributed by atoms with Crippen molar-refractivity contribution < 1.29 is 9.53 Å². The zero-order chi connectivity index (χ0) is 34.9. The molecule has 0 amide bonds. The molecular weight excluding hydrogens is 669 g/mol. The highest BCUT2D eigenvalue weighted by atomic mass is 16.5. The zero-order valence-electron chi connectivity index (χ0n) is 30.3. The third kappa shape index (κ3) is 2.11. The maximum atomic E-state index is 12.8. The molecule has 0 aliphatic heterocycles. The summed E-state index contributed by atoms with van der Waals surface area (Å²) in [7, 11) is 1.54. The molecule has 0 bridgehead atoms. The molecule has 2 heteroatoms. The van der Waals surface area contributed by atoms with E-state index >= 15 is 0 Å². The van der Waals surface area contributed by atoms with E-state index in [1.165, 1.54) is 16.3 Å². The molecule has 5 aliphatic carbocycles. The van der Waals surface area contributed by atoms with Gasteiger partial charge in [0.2, 0.25) is 0 Å². The van der Waals surface area contributed by atoms with E-state index in [1.807, 2.05) is 0 Å². The van der Waals surface area contributed by atoms with Gasteiger partial charge in [-0.25, -0.2) is 0 Å². The predicted octanol–water partition coefficient (Wildman–Crippen LogP) is 12.3.